The van der Waals surface area contributed by atoms with Gasteiger partial charge in [0.15, 0.2) is 0 Å². The van der Waals surface area contributed by atoms with Crippen LogP contribution in [-0.2, 0) is 10.1 Å². The van der Waals surface area contributed by atoms with Gasteiger partial charge < -0.3 is 4.74 Å². The van der Waals surface area contributed by atoms with Crippen LogP contribution in [0.25, 0.3) is 0 Å². The summed E-state index contributed by atoms with van der Waals surface area (Å²) in [6.07, 6.45) is -4.61. The van der Waals surface area contributed by atoms with Crippen molar-refractivity contribution in [3.8, 4) is 5.75 Å². The van der Waals surface area contributed by atoms with Gasteiger partial charge >= 0.3 is 6.36 Å². The number of hydrogen-bond donors (Lipinski definition) is 0. The molecule has 0 radical (unpaired) electrons. The molecule has 0 fully saturated rings. The minimum atomic E-state index is -4.61. The van der Waals surface area contributed by atoms with E-state index in [0.29, 0.717) is 11.1 Å². The minimum absolute atomic E-state index is 0.152. The Hall–Kier alpha value is -0.270. The molecule has 0 amide bonds. The van der Waals surface area contributed by atoms with Crippen LogP contribution in [0.1, 0.15) is 5.56 Å². The Balaban J connectivity index is 2.46. The summed E-state index contributed by atoms with van der Waals surface area (Å²) < 4.78 is 44.8. The zero-order chi connectivity index (χ0) is 12.9. The van der Waals surface area contributed by atoms with Crippen molar-refractivity contribution >= 4 is 31.9 Å². The lowest BCUT2D eigenvalue weighted by atomic mass is 10.2. The van der Waals surface area contributed by atoms with E-state index in [4.69, 9.17) is 4.74 Å². The molecule has 0 unspecified atom stereocenters. The quantitative estimate of drug-likeness (QED) is 0.563. The zero-order valence-corrected chi connectivity index (χ0v) is 11.7. The summed E-state index contributed by atoms with van der Waals surface area (Å²) in [6, 6.07) is 5.27. The van der Waals surface area contributed by atoms with E-state index in [0.717, 1.165) is 10.0 Å². The van der Waals surface area contributed by atoms with Gasteiger partial charge in [0.05, 0.1) is 6.61 Å². The molecule has 17 heavy (non-hydrogen) atoms. The van der Waals surface area contributed by atoms with Crippen molar-refractivity contribution < 1.29 is 22.6 Å². The van der Waals surface area contributed by atoms with Crippen LogP contribution in [0, 0.1) is 0 Å². The maximum atomic E-state index is 11.7. The second-order valence-electron chi connectivity index (χ2n) is 3.03. The van der Waals surface area contributed by atoms with Gasteiger partial charge in [-0.2, -0.15) is 0 Å². The number of benzene rings is 1. The molecule has 0 atom stereocenters. The van der Waals surface area contributed by atoms with Crippen molar-refractivity contribution in [1.82, 2.24) is 0 Å². The van der Waals surface area contributed by atoms with Gasteiger partial charge in [-0.25, -0.2) is 0 Å². The molecule has 0 saturated carbocycles. The lowest BCUT2D eigenvalue weighted by molar-refractivity contribution is -0.325. The third kappa shape index (κ3) is 5.74. The fourth-order valence-electron chi connectivity index (χ4n) is 1.10. The van der Waals surface area contributed by atoms with E-state index in [9.17, 15) is 13.2 Å². The number of hydrogen-bond acceptors (Lipinski definition) is 2. The Labute approximate surface area is 113 Å². The molecule has 2 nitrogen and oxygen atoms in total. The average Bonchev–Trinajstić information content (AvgIpc) is 2.24. The summed E-state index contributed by atoms with van der Waals surface area (Å²) in [6.45, 7) is -0.678. The maximum Gasteiger partial charge on any atom is 0.522 e. The van der Waals surface area contributed by atoms with Gasteiger partial charge in [-0.15, -0.1) is 13.2 Å². The molecule has 0 aliphatic carbocycles. The summed E-state index contributed by atoms with van der Waals surface area (Å²) in [5.41, 5.74) is 0.853. The van der Waals surface area contributed by atoms with Crippen molar-refractivity contribution in [2.75, 3.05) is 13.2 Å². The first kappa shape index (κ1) is 14.8. The van der Waals surface area contributed by atoms with Crippen LogP contribution in [-0.4, -0.2) is 19.6 Å². The molecule has 0 aliphatic rings. The first-order valence-electron chi connectivity index (χ1n) is 4.60. The largest absolute Gasteiger partial charge is 0.522 e. The fraction of sp³-hybridized carbons (Fsp3) is 0.400. The smallest absolute Gasteiger partial charge is 0.491 e. The molecular formula is C10H9Br2F3O2. The molecule has 0 spiro atoms. The van der Waals surface area contributed by atoms with Gasteiger partial charge in [0.25, 0.3) is 0 Å². The van der Waals surface area contributed by atoms with Crippen molar-refractivity contribution in [2.45, 2.75) is 11.7 Å². The number of alkyl halides is 4. The molecule has 1 aromatic rings. The molecule has 0 saturated heterocycles. The summed E-state index contributed by atoms with van der Waals surface area (Å²) in [5.74, 6) is 0.538. The first-order valence-corrected chi connectivity index (χ1v) is 6.51. The topological polar surface area (TPSA) is 18.5 Å². The van der Waals surface area contributed by atoms with Gasteiger partial charge in [0.2, 0.25) is 0 Å². The Bertz CT molecular complexity index is 369. The molecule has 0 heterocycles. The van der Waals surface area contributed by atoms with Crippen LogP contribution < -0.4 is 4.74 Å². The summed E-state index contributed by atoms with van der Waals surface area (Å²) >= 11 is 6.57. The fourth-order valence-corrected chi connectivity index (χ4v) is 1.95. The third-order valence-electron chi connectivity index (χ3n) is 1.77. The highest BCUT2D eigenvalue weighted by molar-refractivity contribution is 9.10. The van der Waals surface area contributed by atoms with Crippen molar-refractivity contribution in [2.24, 2.45) is 0 Å². The average molecular weight is 378 g/mol. The molecule has 1 rings (SSSR count). The Morgan fingerprint density at radius 3 is 2.47 bits per heavy atom. The van der Waals surface area contributed by atoms with Crippen molar-refractivity contribution in [1.29, 1.82) is 0 Å². The maximum absolute atomic E-state index is 11.7. The normalized spacial score (nSPS) is 11.6. The highest BCUT2D eigenvalue weighted by Gasteiger charge is 2.28. The van der Waals surface area contributed by atoms with E-state index >= 15 is 0 Å². The molecular weight excluding hydrogens is 369 g/mol. The standard InChI is InChI=1S/C10H9Br2F3O2/c11-6-7-5-8(12)1-2-9(7)16-3-4-17-10(13,14)15/h1-2,5H,3-4,6H2. The van der Waals surface area contributed by atoms with E-state index in [1.54, 1.807) is 12.1 Å². The second-order valence-corrected chi connectivity index (χ2v) is 4.50. The Morgan fingerprint density at radius 1 is 1.18 bits per heavy atom. The Morgan fingerprint density at radius 2 is 1.88 bits per heavy atom. The first-order chi connectivity index (χ1) is 7.92. The SMILES string of the molecule is FC(F)(F)OCCOc1ccc(Br)cc1CBr. The highest BCUT2D eigenvalue weighted by Crippen LogP contribution is 2.25. The Kier molecular flexibility index (Phi) is 5.75. The van der Waals surface area contributed by atoms with Gasteiger partial charge in [-0.3, -0.25) is 4.74 Å². The lowest BCUT2D eigenvalue weighted by Crippen LogP contribution is -2.18. The number of ether oxygens (including phenoxy) is 2. The van der Waals surface area contributed by atoms with Crippen LogP contribution in [0.5, 0.6) is 5.75 Å². The zero-order valence-electron chi connectivity index (χ0n) is 8.56. The minimum Gasteiger partial charge on any atom is -0.491 e. The molecule has 0 bridgehead atoms. The molecule has 7 heteroatoms. The van der Waals surface area contributed by atoms with Crippen LogP contribution in [0.15, 0.2) is 22.7 Å². The summed E-state index contributed by atoms with van der Waals surface area (Å²) in [4.78, 5) is 0. The van der Waals surface area contributed by atoms with E-state index in [2.05, 4.69) is 36.6 Å². The highest BCUT2D eigenvalue weighted by atomic mass is 79.9. The van der Waals surface area contributed by atoms with Gasteiger partial charge in [-0.05, 0) is 18.2 Å². The predicted octanol–water partition coefficient (Wildman–Crippen LogP) is 4.26. The number of halogens is 5. The van der Waals surface area contributed by atoms with Gasteiger partial charge in [-0.1, -0.05) is 31.9 Å². The van der Waals surface area contributed by atoms with E-state index < -0.39 is 13.0 Å². The molecule has 0 N–H and O–H groups in total. The van der Waals surface area contributed by atoms with E-state index in [1.807, 2.05) is 6.07 Å². The van der Waals surface area contributed by atoms with E-state index in [1.165, 1.54) is 0 Å². The number of rotatable bonds is 5. The monoisotopic (exact) mass is 376 g/mol. The lowest BCUT2D eigenvalue weighted by Gasteiger charge is -2.11. The van der Waals surface area contributed by atoms with E-state index in [-0.39, 0.29) is 6.61 Å². The van der Waals surface area contributed by atoms with Crippen LogP contribution in [0.4, 0.5) is 13.2 Å². The van der Waals surface area contributed by atoms with Crippen LogP contribution in [0.2, 0.25) is 0 Å². The van der Waals surface area contributed by atoms with Gasteiger partial charge in [0, 0.05) is 15.4 Å². The van der Waals surface area contributed by atoms with Gasteiger partial charge in [0.1, 0.15) is 12.4 Å². The molecule has 0 aromatic heterocycles. The predicted molar refractivity (Wildman–Crippen MR) is 64.3 cm³/mol. The third-order valence-corrected chi connectivity index (χ3v) is 2.87. The van der Waals surface area contributed by atoms with Crippen LogP contribution >= 0.6 is 31.9 Å². The van der Waals surface area contributed by atoms with Crippen molar-refractivity contribution in [3.63, 3.8) is 0 Å². The van der Waals surface area contributed by atoms with Crippen LogP contribution in [0.3, 0.4) is 0 Å². The molecule has 0 aliphatic heterocycles. The molecule has 1 aromatic carbocycles. The second kappa shape index (κ2) is 6.61. The van der Waals surface area contributed by atoms with Crippen molar-refractivity contribution in [3.05, 3.63) is 28.2 Å². The summed E-state index contributed by atoms with van der Waals surface area (Å²) in [5, 5.41) is 0.557. The summed E-state index contributed by atoms with van der Waals surface area (Å²) in [7, 11) is 0. The molecule has 96 valence electrons.